The maximum absolute atomic E-state index is 9.24. The monoisotopic (exact) mass is 130 g/mol. The van der Waals surface area contributed by atoms with E-state index in [-0.39, 0.29) is 6.10 Å². The van der Waals surface area contributed by atoms with Crippen LogP contribution in [-0.4, -0.2) is 42.8 Å². The predicted octanol–water partition coefficient (Wildman–Crippen LogP) is -1.13. The molecule has 0 radical (unpaired) electrons. The third kappa shape index (κ3) is 1.41. The van der Waals surface area contributed by atoms with Gasteiger partial charge in [0.2, 0.25) is 0 Å². The molecule has 0 aromatic heterocycles. The number of rotatable bonds is 1. The van der Waals surface area contributed by atoms with Gasteiger partial charge < -0.3 is 15.7 Å². The molecule has 0 bridgehead atoms. The second-order valence-corrected chi connectivity index (χ2v) is 2.78. The van der Waals surface area contributed by atoms with Gasteiger partial charge in [0.25, 0.3) is 0 Å². The van der Waals surface area contributed by atoms with Gasteiger partial charge in [0.05, 0.1) is 6.10 Å². The lowest BCUT2D eigenvalue weighted by atomic mass is 10.1. The molecule has 9 heavy (non-hydrogen) atoms. The molecular formula is C6H14N2O. The van der Waals surface area contributed by atoms with Gasteiger partial charge in [0, 0.05) is 19.0 Å². The predicted molar refractivity (Wildman–Crippen MR) is 36.0 cm³/mol. The minimum atomic E-state index is -0.194. The first-order valence-electron chi connectivity index (χ1n) is 3.30. The summed E-state index contributed by atoms with van der Waals surface area (Å²) in [7, 11) is 2.00. The molecule has 1 heterocycles. The van der Waals surface area contributed by atoms with Crippen molar-refractivity contribution < 1.29 is 5.11 Å². The second-order valence-electron chi connectivity index (χ2n) is 2.78. The van der Waals surface area contributed by atoms with E-state index in [2.05, 4.69) is 4.90 Å². The number of aliphatic hydroxyl groups is 1. The van der Waals surface area contributed by atoms with Crippen LogP contribution in [0, 0.1) is 5.92 Å². The molecule has 0 aromatic carbocycles. The normalized spacial score (nSPS) is 37.7. The Kier molecular flexibility index (Phi) is 2.05. The Balaban J connectivity index is 2.38. The molecular weight excluding hydrogens is 116 g/mol. The van der Waals surface area contributed by atoms with Crippen molar-refractivity contribution in [1.82, 2.24) is 4.90 Å². The van der Waals surface area contributed by atoms with Crippen LogP contribution in [0.15, 0.2) is 0 Å². The molecule has 54 valence electrons. The van der Waals surface area contributed by atoms with E-state index in [1.54, 1.807) is 0 Å². The summed E-state index contributed by atoms with van der Waals surface area (Å²) in [6, 6.07) is 0. The summed E-state index contributed by atoms with van der Waals surface area (Å²) in [6.45, 7) is 2.32. The van der Waals surface area contributed by atoms with Crippen LogP contribution in [0.2, 0.25) is 0 Å². The van der Waals surface area contributed by atoms with E-state index >= 15 is 0 Å². The standard InChI is InChI=1S/C6H14N2O/c1-8-3-5(2-7)6(9)4-8/h5-6,9H,2-4,7H2,1H3/t5?,6-/m1/s1. The fourth-order valence-electron chi connectivity index (χ4n) is 1.30. The van der Waals surface area contributed by atoms with E-state index in [0.29, 0.717) is 12.5 Å². The molecule has 3 heteroatoms. The Morgan fingerprint density at radius 2 is 2.33 bits per heavy atom. The third-order valence-corrected chi connectivity index (χ3v) is 1.89. The van der Waals surface area contributed by atoms with Crippen LogP contribution < -0.4 is 5.73 Å². The number of hydrogen-bond acceptors (Lipinski definition) is 3. The number of nitrogens with zero attached hydrogens (tertiary/aromatic N) is 1. The van der Waals surface area contributed by atoms with Crippen LogP contribution in [0.1, 0.15) is 0 Å². The Morgan fingerprint density at radius 3 is 2.56 bits per heavy atom. The molecule has 0 aromatic rings. The zero-order valence-electron chi connectivity index (χ0n) is 5.75. The SMILES string of the molecule is CN1CC(CN)[C@H](O)C1. The number of β-amino-alcohol motifs (C(OH)–C–C–N with tert-alkyl or cyclic N) is 1. The summed E-state index contributed by atoms with van der Waals surface area (Å²) in [4.78, 5) is 2.10. The minimum absolute atomic E-state index is 0.194. The van der Waals surface area contributed by atoms with Crippen LogP contribution in [-0.2, 0) is 0 Å². The fraction of sp³-hybridized carbons (Fsp3) is 1.00. The number of hydrogen-bond donors (Lipinski definition) is 2. The lowest BCUT2D eigenvalue weighted by Gasteiger charge is -2.07. The molecule has 0 spiro atoms. The van der Waals surface area contributed by atoms with E-state index in [4.69, 9.17) is 5.73 Å². The highest BCUT2D eigenvalue weighted by Crippen LogP contribution is 2.12. The molecule has 3 nitrogen and oxygen atoms in total. The van der Waals surface area contributed by atoms with E-state index in [9.17, 15) is 5.11 Å². The van der Waals surface area contributed by atoms with Gasteiger partial charge in [0.1, 0.15) is 0 Å². The van der Waals surface area contributed by atoms with Crippen molar-refractivity contribution in [3.8, 4) is 0 Å². The smallest absolute Gasteiger partial charge is 0.0719 e. The van der Waals surface area contributed by atoms with Crippen molar-refractivity contribution >= 4 is 0 Å². The van der Waals surface area contributed by atoms with Crippen molar-refractivity contribution in [2.24, 2.45) is 11.7 Å². The zero-order chi connectivity index (χ0) is 6.85. The van der Waals surface area contributed by atoms with Crippen LogP contribution >= 0.6 is 0 Å². The molecule has 1 rings (SSSR count). The molecule has 3 N–H and O–H groups in total. The maximum atomic E-state index is 9.24. The van der Waals surface area contributed by atoms with Gasteiger partial charge in [-0.05, 0) is 13.6 Å². The highest BCUT2D eigenvalue weighted by Gasteiger charge is 2.27. The summed E-state index contributed by atoms with van der Waals surface area (Å²) in [5, 5.41) is 9.24. The maximum Gasteiger partial charge on any atom is 0.0719 e. The number of nitrogens with two attached hydrogens (primary N) is 1. The fourth-order valence-corrected chi connectivity index (χ4v) is 1.30. The van der Waals surface area contributed by atoms with Crippen molar-refractivity contribution in [2.75, 3.05) is 26.7 Å². The second kappa shape index (κ2) is 2.64. The van der Waals surface area contributed by atoms with Crippen molar-refractivity contribution in [3.05, 3.63) is 0 Å². The van der Waals surface area contributed by atoms with Gasteiger partial charge in [-0.25, -0.2) is 0 Å². The van der Waals surface area contributed by atoms with Gasteiger partial charge in [-0.2, -0.15) is 0 Å². The highest BCUT2D eigenvalue weighted by molar-refractivity contribution is 4.81. The topological polar surface area (TPSA) is 49.5 Å². The lowest BCUT2D eigenvalue weighted by molar-refractivity contribution is 0.146. The number of likely N-dealkylation sites (tertiary alicyclic amines) is 1. The van der Waals surface area contributed by atoms with Crippen LogP contribution in [0.5, 0.6) is 0 Å². The summed E-state index contributed by atoms with van der Waals surface area (Å²) < 4.78 is 0. The Bertz CT molecular complexity index is 97.1. The third-order valence-electron chi connectivity index (χ3n) is 1.89. The van der Waals surface area contributed by atoms with Crippen LogP contribution in [0.4, 0.5) is 0 Å². The molecule has 2 atom stereocenters. The van der Waals surface area contributed by atoms with Crippen molar-refractivity contribution in [2.45, 2.75) is 6.10 Å². The van der Waals surface area contributed by atoms with E-state index in [1.165, 1.54) is 0 Å². The van der Waals surface area contributed by atoms with Gasteiger partial charge in [-0.1, -0.05) is 0 Å². The summed E-state index contributed by atoms with van der Waals surface area (Å²) in [5.74, 6) is 0.301. The summed E-state index contributed by atoms with van der Waals surface area (Å²) in [6.07, 6.45) is -0.194. The van der Waals surface area contributed by atoms with Gasteiger partial charge in [-0.15, -0.1) is 0 Å². The van der Waals surface area contributed by atoms with E-state index in [1.807, 2.05) is 7.05 Å². The first-order chi connectivity index (χ1) is 4.24. The average Bonchev–Trinajstić information content (AvgIpc) is 2.10. The summed E-state index contributed by atoms with van der Waals surface area (Å²) in [5.41, 5.74) is 5.40. The van der Waals surface area contributed by atoms with E-state index < -0.39 is 0 Å². The Hall–Kier alpha value is -0.120. The lowest BCUT2D eigenvalue weighted by Crippen LogP contribution is -2.25. The first kappa shape index (κ1) is 6.99. The van der Waals surface area contributed by atoms with Gasteiger partial charge in [-0.3, -0.25) is 0 Å². The minimum Gasteiger partial charge on any atom is -0.391 e. The van der Waals surface area contributed by atoms with Gasteiger partial charge in [0.15, 0.2) is 0 Å². The number of aliphatic hydroxyl groups excluding tert-OH is 1. The molecule has 1 aliphatic rings. The van der Waals surface area contributed by atoms with Crippen LogP contribution in [0.25, 0.3) is 0 Å². The Morgan fingerprint density at radius 1 is 1.67 bits per heavy atom. The molecule has 1 fully saturated rings. The first-order valence-corrected chi connectivity index (χ1v) is 3.30. The van der Waals surface area contributed by atoms with Crippen molar-refractivity contribution in [1.29, 1.82) is 0 Å². The van der Waals surface area contributed by atoms with Gasteiger partial charge >= 0.3 is 0 Å². The number of likely N-dealkylation sites (N-methyl/N-ethyl adjacent to an activating group) is 1. The molecule has 0 amide bonds. The molecule has 1 saturated heterocycles. The highest BCUT2D eigenvalue weighted by atomic mass is 16.3. The quantitative estimate of drug-likeness (QED) is 0.472. The zero-order valence-corrected chi connectivity index (χ0v) is 5.75. The summed E-state index contributed by atoms with van der Waals surface area (Å²) >= 11 is 0. The average molecular weight is 130 g/mol. The van der Waals surface area contributed by atoms with E-state index in [0.717, 1.165) is 13.1 Å². The molecule has 0 aliphatic carbocycles. The van der Waals surface area contributed by atoms with Crippen LogP contribution in [0.3, 0.4) is 0 Å². The van der Waals surface area contributed by atoms with Crippen molar-refractivity contribution in [3.63, 3.8) is 0 Å². The molecule has 1 unspecified atom stereocenters. The largest absolute Gasteiger partial charge is 0.391 e. The Labute approximate surface area is 55.5 Å². The molecule has 1 aliphatic heterocycles. The molecule has 0 saturated carbocycles.